The van der Waals surface area contributed by atoms with E-state index in [-0.39, 0.29) is 35.9 Å². The van der Waals surface area contributed by atoms with Crippen LogP contribution in [0.5, 0.6) is 5.75 Å². The molecule has 0 bridgehead atoms. The van der Waals surface area contributed by atoms with Crippen LogP contribution in [0.4, 0.5) is 4.39 Å². The Morgan fingerprint density at radius 2 is 1.37 bits per heavy atom. The zero-order chi connectivity index (χ0) is 19.1. The van der Waals surface area contributed by atoms with Gasteiger partial charge in [-0.2, -0.15) is 0 Å². The number of benzene rings is 3. The summed E-state index contributed by atoms with van der Waals surface area (Å²) in [6, 6.07) is 20.8. The van der Waals surface area contributed by atoms with Crippen molar-refractivity contribution >= 4 is 11.8 Å². The fraction of sp³-hybridized carbons (Fsp3) is 0.0909. The van der Waals surface area contributed by atoms with Crippen LogP contribution in [0.25, 0.3) is 0 Å². The molecule has 0 unspecified atom stereocenters. The van der Waals surface area contributed by atoms with Gasteiger partial charge in [0.25, 0.3) is 0 Å². The van der Waals surface area contributed by atoms with E-state index in [2.05, 4.69) is 0 Å². The quantitative estimate of drug-likeness (QED) is 0.356. The summed E-state index contributed by atoms with van der Waals surface area (Å²) in [6.45, 7) is 0.121. The van der Waals surface area contributed by atoms with Crippen LogP contribution >= 0.6 is 0 Å². The number of carbonyl (C=O) groups excluding carboxylic acids is 2. The lowest BCUT2D eigenvalue weighted by Gasteiger charge is -2.10. The van der Waals surface area contributed by atoms with Gasteiger partial charge in [-0.1, -0.05) is 48.5 Å². The molecule has 0 fully saturated rings. The lowest BCUT2D eigenvalue weighted by Crippen LogP contribution is -2.16. The van der Waals surface area contributed by atoms with Gasteiger partial charge >= 0.3 is 5.97 Å². The second-order valence-electron chi connectivity index (χ2n) is 5.68. The Balaban J connectivity index is 1.61. The highest BCUT2D eigenvalue weighted by Gasteiger charge is 2.18. The molecule has 0 radical (unpaired) electrons. The summed E-state index contributed by atoms with van der Waals surface area (Å²) >= 11 is 0. The van der Waals surface area contributed by atoms with Crippen molar-refractivity contribution in [1.82, 2.24) is 0 Å². The van der Waals surface area contributed by atoms with Crippen LogP contribution < -0.4 is 4.74 Å². The molecule has 136 valence electrons. The van der Waals surface area contributed by atoms with Crippen molar-refractivity contribution in [2.75, 3.05) is 13.2 Å². The Morgan fingerprint density at radius 3 is 2.07 bits per heavy atom. The number of rotatable bonds is 7. The highest BCUT2D eigenvalue weighted by Crippen LogP contribution is 2.16. The van der Waals surface area contributed by atoms with Crippen molar-refractivity contribution in [3.8, 4) is 5.75 Å². The first-order valence-corrected chi connectivity index (χ1v) is 8.39. The fourth-order valence-corrected chi connectivity index (χ4v) is 2.51. The van der Waals surface area contributed by atoms with Crippen LogP contribution in [0, 0.1) is 5.82 Å². The molecular weight excluding hydrogens is 347 g/mol. The van der Waals surface area contributed by atoms with E-state index in [1.54, 1.807) is 48.5 Å². The van der Waals surface area contributed by atoms with Crippen LogP contribution in [0.2, 0.25) is 0 Å². The van der Waals surface area contributed by atoms with Crippen molar-refractivity contribution in [2.45, 2.75) is 0 Å². The molecule has 0 aliphatic carbocycles. The van der Waals surface area contributed by atoms with Gasteiger partial charge in [-0.3, -0.25) is 4.79 Å². The van der Waals surface area contributed by atoms with Crippen molar-refractivity contribution in [3.63, 3.8) is 0 Å². The maximum atomic E-state index is 12.8. The maximum absolute atomic E-state index is 12.8. The van der Waals surface area contributed by atoms with E-state index in [1.807, 2.05) is 6.07 Å². The highest BCUT2D eigenvalue weighted by molar-refractivity contribution is 6.14. The number of ether oxygens (including phenoxy) is 2. The van der Waals surface area contributed by atoms with Gasteiger partial charge in [-0.05, 0) is 30.3 Å². The molecule has 0 saturated carbocycles. The number of esters is 1. The average Bonchev–Trinajstić information content (AvgIpc) is 2.72. The Bertz CT molecular complexity index is 921. The molecule has 27 heavy (non-hydrogen) atoms. The first-order valence-electron chi connectivity index (χ1n) is 8.39. The zero-order valence-electron chi connectivity index (χ0n) is 14.4. The Labute approximate surface area is 156 Å². The van der Waals surface area contributed by atoms with E-state index in [0.717, 1.165) is 0 Å². The van der Waals surface area contributed by atoms with Crippen LogP contribution in [0.3, 0.4) is 0 Å². The van der Waals surface area contributed by atoms with E-state index >= 15 is 0 Å². The molecule has 4 nitrogen and oxygen atoms in total. The van der Waals surface area contributed by atoms with Gasteiger partial charge in [0.15, 0.2) is 5.78 Å². The summed E-state index contributed by atoms with van der Waals surface area (Å²) < 4.78 is 23.4. The molecular formula is C22H17FO4. The molecule has 0 heterocycles. The maximum Gasteiger partial charge on any atom is 0.339 e. The van der Waals surface area contributed by atoms with Gasteiger partial charge in [-0.15, -0.1) is 0 Å². The van der Waals surface area contributed by atoms with Crippen LogP contribution in [0.15, 0.2) is 78.9 Å². The van der Waals surface area contributed by atoms with Crippen molar-refractivity contribution in [2.24, 2.45) is 0 Å². The third-order valence-electron chi connectivity index (χ3n) is 3.83. The largest absolute Gasteiger partial charge is 0.490 e. The summed E-state index contributed by atoms with van der Waals surface area (Å²) in [6.07, 6.45) is 0. The Kier molecular flexibility index (Phi) is 5.94. The van der Waals surface area contributed by atoms with Crippen LogP contribution in [-0.4, -0.2) is 25.0 Å². The summed E-state index contributed by atoms with van der Waals surface area (Å²) in [5.74, 6) is -0.719. The summed E-state index contributed by atoms with van der Waals surface area (Å²) in [7, 11) is 0. The SMILES string of the molecule is O=C(OCCOc1ccc(F)cc1)c1ccccc1C(=O)c1ccccc1. The first-order chi connectivity index (χ1) is 13.1. The molecule has 0 aliphatic heterocycles. The number of hydrogen-bond donors (Lipinski definition) is 0. The number of halogens is 1. The van der Waals surface area contributed by atoms with E-state index in [4.69, 9.17) is 9.47 Å². The molecule has 3 aromatic rings. The molecule has 5 heteroatoms. The molecule has 0 spiro atoms. The van der Waals surface area contributed by atoms with Crippen LogP contribution in [0.1, 0.15) is 26.3 Å². The number of ketones is 1. The molecule has 3 rings (SSSR count). The second kappa shape index (κ2) is 8.76. The predicted molar refractivity (Wildman–Crippen MR) is 98.5 cm³/mol. The third kappa shape index (κ3) is 4.79. The Morgan fingerprint density at radius 1 is 0.741 bits per heavy atom. The lowest BCUT2D eigenvalue weighted by molar-refractivity contribution is 0.0448. The van der Waals surface area contributed by atoms with Gasteiger partial charge in [0.1, 0.15) is 24.8 Å². The average molecular weight is 364 g/mol. The van der Waals surface area contributed by atoms with Gasteiger partial charge < -0.3 is 9.47 Å². The Hall–Kier alpha value is -3.47. The van der Waals surface area contributed by atoms with Gasteiger partial charge in [0.05, 0.1) is 5.56 Å². The molecule has 0 atom stereocenters. The fourth-order valence-electron chi connectivity index (χ4n) is 2.51. The van der Waals surface area contributed by atoms with E-state index in [1.165, 1.54) is 24.3 Å². The van der Waals surface area contributed by atoms with Gasteiger partial charge in [-0.25, -0.2) is 9.18 Å². The predicted octanol–water partition coefficient (Wildman–Crippen LogP) is 4.29. The summed E-state index contributed by atoms with van der Waals surface area (Å²) in [5, 5.41) is 0. The number of carbonyl (C=O) groups is 2. The lowest BCUT2D eigenvalue weighted by atomic mass is 9.98. The third-order valence-corrected chi connectivity index (χ3v) is 3.83. The highest BCUT2D eigenvalue weighted by atomic mass is 19.1. The zero-order valence-corrected chi connectivity index (χ0v) is 14.4. The van der Waals surface area contributed by atoms with E-state index in [0.29, 0.717) is 11.3 Å². The van der Waals surface area contributed by atoms with Crippen molar-refractivity contribution < 1.29 is 23.5 Å². The smallest absolute Gasteiger partial charge is 0.339 e. The van der Waals surface area contributed by atoms with Crippen molar-refractivity contribution in [3.05, 3.63) is 101 Å². The molecule has 0 aliphatic rings. The molecule has 0 amide bonds. The normalized spacial score (nSPS) is 10.3. The molecule has 0 aromatic heterocycles. The molecule has 3 aromatic carbocycles. The van der Waals surface area contributed by atoms with Crippen molar-refractivity contribution in [1.29, 1.82) is 0 Å². The van der Waals surface area contributed by atoms with E-state index in [9.17, 15) is 14.0 Å². The standard InChI is InChI=1S/C22H17FO4/c23-17-10-12-18(13-11-17)26-14-15-27-22(25)20-9-5-4-8-19(20)21(24)16-6-2-1-3-7-16/h1-13H,14-15H2. The number of hydrogen-bond acceptors (Lipinski definition) is 4. The van der Waals surface area contributed by atoms with Gasteiger partial charge in [0.2, 0.25) is 0 Å². The molecule has 0 saturated heterocycles. The van der Waals surface area contributed by atoms with E-state index < -0.39 is 5.97 Å². The summed E-state index contributed by atoms with van der Waals surface area (Å²) in [4.78, 5) is 25.0. The minimum atomic E-state index is -0.599. The topological polar surface area (TPSA) is 52.6 Å². The van der Waals surface area contributed by atoms with Gasteiger partial charge in [0, 0.05) is 11.1 Å². The summed E-state index contributed by atoms with van der Waals surface area (Å²) in [5.41, 5.74) is 0.985. The minimum Gasteiger partial charge on any atom is -0.490 e. The molecule has 0 N–H and O–H groups in total. The first kappa shape index (κ1) is 18.3. The monoisotopic (exact) mass is 364 g/mol. The minimum absolute atomic E-state index is 0.00404. The van der Waals surface area contributed by atoms with Crippen LogP contribution in [-0.2, 0) is 4.74 Å². The second-order valence-corrected chi connectivity index (χ2v) is 5.68.